The first-order valence-corrected chi connectivity index (χ1v) is 10.2. The fraction of sp³-hybridized carbons (Fsp3) is 0.240. The van der Waals surface area contributed by atoms with E-state index in [2.05, 4.69) is 22.8 Å². The first kappa shape index (κ1) is 20.1. The number of hydrogen-bond acceptors (Lipinski definition) is 3. The fourth-order valence-corrected chi connectivity index (χ4v) is 4.10. The molecule has 4 rings (SSSR count). The third kappa shape index (κ3) is 4.21. The van der Waals surface area contributed by atoms with E-state index in [-0.39, 0.29) is 17.3 Å². The molecule has 3 aromatic rings. The molecule has 0 atom stereocenters. The van der Waals surface area contributed by atoms with E-state index in [0.717, 1.165) is 37.1 Å². The van der Waals surface area contributed by atoms with Gasteiger partial charge in [-0.3, -0.25) is 4.79 Å². The number of nitrogens with one attached hydrogen (secondary N) is 2. The number of halogens is 1. The molecule has 1 amide bonds. The topological polar surface area (TPSA) is 61.4 Å². The molecule has 1 fully saturated rings. The molecule has 4 nitrogen and oxygen atoms in total. The van der Waals surface area contributed by atoms with Crippen LogP contribution in [-0.2, 0) is 4.79 Å². The Kier molecular flexibility index (Phi) is 5.81. The van der Waals surface area contributed by atoms with E-state index in [4.69, 9.17) is 0 Å². The third-order valence-electron chi connectivity index (χ3n) is 5.64. The van der Waals surface area contributed by atoms with Gasteiger partial charge in [0.2, 0.25) is 5.91 Å². The summed E-state index contributed by atoms with van der Waals surface area (Å²) in [7, 11) is 0. The molecular formula is C25H25FN2O2. The molecule has 0 unspecified atom stereocenters. The number of aromatic hydroxyl groups is 1. The van der Waals surface area contributed by atoms with E-state index in [9.17, 15) is 14.3 Å². The molecule has 30 heavy (non-hydrogen) atoms. The molecule has 1 heterocycles. The highest BCUT2D eigenvalue weighted by Crippen LogP contribution is 2.39. The number of phenolic OH excluding ortho intramolecular Hbond substituents is 1. The van der Waals surface area contributed by atoms with Gasteiger partial charge in [0.25, 0.3) is 0 Å². The Morgan fingerprint density at radius 2 is 1.67 bits per heavy atom. The average molecular weight is 404 g/mol. The van der Waals surface area contributed by atoms with Crippen molar-refractivity contribution in [3.63, 3.8) is 0 Å². The number of benzene rings is 3. The number of para-hydroxylation sites is 1. The Hall–Kier alpha value is -3.18. The lowest BCUT2D eigenvalue weighted by Gasteiger charge is -2.23. The van der Waals surface area contributed by atoms with Crippen LogP contribution in [0.5, 0.6) is 5.75 Å². The molecule has 3 aromatic carbocycles. The molecule has 3 N–H and O–H groups in total. The largest absolute Gasteiger partial charge is 0.507 e. The maximum Gasteiger partial charge on any atom is 0.221 e. The minimum Gasteiger partial charge on any atom is -0.507 e. The minimum absolute atomic E-state index is 0.117. The van der Waals surface area contributed by atoms with Crippen molar-refractivity contribution in [1.29, 1.82) is 0 Å². The Balaban J connectivity index is 1.69. The molecule has 0 spiro atoms. The van der Waals surface area contributed by atoms with Crippen LogP contribution in [0.3, 0.4) is 0 Å². The predicted octanol–water partition coefficient (Wildman–Crippen LogP) is 5.29. The highest BCUT2D eigenvalue weighted by Gasteiger charge is 2.17. The van der Waals surface area contributed by atoms with E-state index >= 15 is 0 Å². The van der Waals surface area contributed by atoms with Gasteiger partial charge in [-0.05, 0) is 60.7 Å². The normalized spacial score (nSPS) is 14.5. The van der Waals surface area contributed by atoms with Crippen LogP contribution in [0.25, 0.3) is 22.3 Å². The van der Waals surface area contributed by atoms with Crippen LogP contribution in [-0.4, -0.2) is 24.1 Å². The Labute approximate surface area is 175 Å². The zero-order chi connectivity index (χ0) is 21.1. The number of carbonyl (C=O) groups excluding carboxylic acids is 1. The van der Waals surface area contributed by atoms with E-state index < -0.39 is 5.82 Å². The molecule has 0 radical (unpaired) electrons. The first-order valence-electron chi connectivity index (χ1n) is 10.2. The smallest absolute Gasteiger partial charge is 0.221 e. The van der Waals surface area contributed by atoms with E-state index in [1.54, 1.807) is 12.1 Å². The quantitative estimate of drug-likeness (QED) is 0.554. The van der Waals surface area contributed by atoms with Crippen molar-refractivity contribution >= 4 is 11.6 Å². The van der Waals surface area contributed by atoms with Crippen molar-refractivity contribution in [3.8, 4) is 28.0 Å². The summed E-state index contributed by atoms with van der Waals surface area (Å²) in [5.41, 5.74) is 4.17. The summed E-state index contributed by atoms with van der Waals surface area (Å²) >= 11 is 0. The number of carbonyl (C=O) groups is 1. The molecule has 0 aliphatic carbocycles. The molecule has 1 aliphatic heterocycles. The summed E-state index contributed by atoms with van der Waals surface area (Å²) in [6, 6.07) is 18.4. The van der Waals surface area contributed by atoms with Crippen molar-refractivity contribution in [2.45, 2.75) is 25.7 Å². The van der Waals surface area contributed by atoms with Crippen LogP contribution in [0.2, 0.25) is 0 Å². The monoisotopic (exact) mass is 404 g/mol. The van der Waals surface area contributed by atoms with Crippen molar-refractivity contribution in [2.24, 2.45) is 0 Å². The Bertz CT molecular complexity index is 1070. The Morgan fingerprint density at radius 3 is 2.33 bits per heavy atom. The lowest BCUT2D eigenvalue weighted by molar-refractivity contribution is -0.114. The highest BCUT2D eigenvalue weighted by atomic mass is 19.1. The Morgan fingerprint density at radius 1 is 1.00 bits per heavy atom. The zero-order valence-electron chi connectivity index (χ0n) is 16.9. The molecular weight excluding hydrogens is 379 g/mol. The van der Waals surface area contributed by atoms with E-state index in [1.165, 1.54) is 24.6 Å². The van der Waals surface area contributed by atoms with Crippen LogP contribution >= 0.6 is 0 Å². The highest BCUT2D eigenvalue weighted by molar-refractivity contribution is 5.89. The van der Waals surface area contributed by atoms with Crippen LogP contribution in [0, 0.1) is 5.82 Å². The third-order valence-corrected chi connectivity index (χ3v) is 5.64. The summed E-state index contributed by atoms with van der Waals surface area (Å²) in [6.07, 6.45) is 2.21. The molecule has 154 valence electrons. The summed E-state index contributed by atoms with van der Waals surface area (Å²) in [5, 5.41) is 16.9. The fourth-order valence-electron chi connectivity index (χ4n) is 4.10. The number of piperidine rings is 1. The van der Waals surface area contributed by atoms with E-state index in [0.29, 0.717) is 17.0 Å². The molecule has 0 aromatic heterocycles. The summed E-state index contributed by atoms with van der Waals surface area (Å²) in [4.78, 5) is 11.2. The van der Waals surface area contributed by atoms with Crippen molar-refractivity contribution in [1.82, 2.24) is 5.32 Å². The second-order valence-electron chi connectivity index (χ2n) is 7.73. The van der Waals surface area contributed by atoms with Crippen LogP contribution in [0.1, 0.15) is 31.2 Å². The maximum absolute atomic E-state index is 14.4. The van der Waals surface area contributed by atoms with Crippen molar-refractivity contribution in [3.05, 3.63) is 72.0 Å². The van der Waals surface area contributed by atoms with Gasteiger partial charge < -0.3 is 15.7 Å². The van der Waals surface area contributed by atoms with E-state index in [1.807, 2.05) is 24.3 Å². The van der Waals surface area contributed by atoms with Gasteiger partial charge in [0.1, 0.15) is 11.6 Å². The molecule has 5 heteroatoms. The lowest BCUT2D eigenvalue weighted by atomic mass is 9.88. The predicted molar refractivity (Wildman–Crippen MR) is 118 cm³/mol. The molecule has 1 aliphatic rings. The SMILES string of the molecule is CC(=O)Nc1ccc(-c2cccc(-c3cccc(C4CCNCC4)c3)c2O)cc1F. The van der Waals surface area contributed by atoms with Gasteiger partial charge in [-0.15, -0.1) is 0 Å². The maximum atomic E-state index is 14.4. The van der Waals surface area contributed by atoms with Gasteiger partial charge in [0.15, 0.2) is 0 Å². The average Bonchev–Trinajstić information content (AvgIpc) is 2.76. The second kappa shape index (κ2) is 8.67. The molecule has 1 saturated heterocycles. The van der Waals surface area contributed by atoms with Gasteiger partial charge >= 0.3 is 0 Å². The van der Waals surface area contributed by atoms with Crippen molar-refractivity contribution < 1.29 is 14.3 Å². The standard InChI is InChI=1S/C25H25FN2O2/c1-16(29)28-24-9-8-20(15-23(24)26)22-7-3-6-21(25(22)30)19-5-2-4-18(14-19)17-10-12-27-13-11-17/h2-9,14-15,17,27,30H,10-13H2,1H3,(H,28,29). The van der Waals surface area contributed by atoms with Crippen LogP contribution < -0.4 is 10.6 Å². The summed E-state index contributed by atoms with van der Waals surface area (Å²) in [6.45, 7) is 3.38. The van der Waals surface area contributed by atoms with Gasteiger partial charge in [-0.25, -0.2) is 4.39 Å². The van der Waals surface area contributed by atoms with Crippen LogP contribution in [0.15, 0.2) is 60.7 Å². The molecule has 0 saturated carbocycles. The minimum atomic E-state index is -0.541. The number of hydrogen-bond donors (Lipinski definition) is 3. The molecule has 0 bridgehead atoms. The second-order valence-corrected chi connectivity index (χ2v) is 7.73. The summed E-state index contributed by atoms with van der Waals surface area (Å²) in [5.74, 6) is -0.237. The van der Waals surface area contributed by atoms with Gasteiger partial charge in [-0.2, -0.15) is 0 Å². The first-order chi connectivity index (χ1) is 14.5. The van der Waals surface area contributed by atoms with Gasteiger partial charge in [-0.1, -0.05) is 48.5 Å². The van der Waals surface area contributed by atoms with Gasteiger partial charge in [0, 0.05) is 18.1 Å². The number of amides is 1. The van der Waals surface area contributed by atoms with Crippen molar-refractivity contribution in [2.75, 3.05) is 18.4 Å². The van der Waals surface area contributed by atoms with Gasteiger partial charge in [0.05, 0.1) is 5.69 Å². The summed E-state index contributed by atoms with van der Waals surface area (Å²) < 4.78 is 14.4. The number of anilines is 1. The lowest BCUT2D eigenvalue weighted by Crippen LogP contribution is -2.26. The van der Waals surface area contributed by atoms with Crippen LogP contribution in [0.4, 0.5) is 10.1 Å². The number of phenols is 1. The zero-order valence-corrected chi connectivity index (χ0v) is 16.9. The number of rotatable bonds is 4.